The molecule has 1 amide bonds. The van der Waals surface area contributed by atoms with Crippen LogP contribution in [0, 0.1) is 0 Å². The Labute approximate surface area is 200 Å². The molecular formula is C25H25BrN2O3S. The molecule has 1 heterocycles. The van der Waals surface area contributed by atoms with E-state index in [0.717, 1.165) is 57.4 Å². The number of amides is 1. The summed E-state index contributed by atoms with van der Waals surface area (Å²) in [5.41, 5.74) is 3.81. The van der Waals surface area contributed by atoms with Crippen molar-refractivity contribution in [2.75, 3.05) is 14.2 Å². The van der Waals surface area contributed by atoms with E-state index >= 15 is 0 Å². The summed E-state index contributed by atoms with van der Waals surface area (Å²) in [4.78, 5) is 19.2. The molecule has 0 fully saturated rings. The van der Waals surface area contributed by atoms with Gasteiger partial charge in [0, 0.05) is 17.6 Å². The van der Waals surface area contributed by atoms with Gasteiger partial charge in [0.05, 0.1) is 24.3 Å². The number of carbonyl (C=O) groups excluding carboxylic acids is 1. The number of halogens is 1. The van der Waals surface area contributed by atoms with Gasteiger partial charge in [-0.05, 0) is 70.4 Å². The highest BCUT2D eigenvalue weighted by Gasteiger charge is 2.25. The lowest BCUT2D eigenvalue weighted by molar-refractivity contribution is 0.0951. The van der Waals surface area contributed by atoms with Crippen molar-refractivity contribution in [1.82, 2.24) is 5.32 Å². The maximum absolute atomic E-state index is 13.2. The van der Waals surface area contributed by atoms with Crippen LogP contribution in [0.25, 0.3) is 0 Å². The Morgan fingerprint density at radius 1 is 1.16 bits per heavy atom. The molecule has 4 rings (SSSR count). The van der Waals surface area contributed by atoms with Crippen molar-refractivity contribution in [1.29, 1.82) is 0 Å². The summed E-state index contributed by atoms with van der Waals surface area (Å²) in [7, 11) is 3.21. The predicted molar refractivity (Wildman–Crippen MR) is 133 cm³/mol. The Morgan fingerprint density at radius 2 is 1.94 bits per heavy atom. The smallest absolute Gasteiger partial charge is 0.254 e. The number of nitrogens with one attached hydrogen (secondary N) is 1. The van der Waals surface area contributed by atoms with E-state index in [9.17, 15) is 4.79 Å². The van der Waals surface area contributed by atoms with Gasteiger partial charge >= 0.3 is 0 Å². The quantitative estimate of drug-likeness (QED) is 0.389. The van der Waals surface area contributed by atoms with Crippen molar-refractivity contribution in [3.05, 3.63) is 74.1 Å². The average molecular weight is 513 g/mol. The number of aryl methyl sites for hydroxylation is 1. The van der Waals surface area contributed by atoms with E-state index in [1.54, 1.807) is 31.8 Å². The van der Waals surface area contributed by atoms with Gasteiger partial charge in [0.15, 0.2) is 11.5 Å². The number of hydrogen-bond donors (Lipinski definition) is 1. The number of methoxy groups -OCH3 is 2. The molecule has 0 unspecified atom stereocenters. The number of thiophene rings is 1. The van der Waals surface area contributed by atoms with Gasteiger partial charge in [-0.1, -0.05) is 30.3 Å². The van der Waals surface area contributed by atoms with E-state index < -0.39 is 0 Å². The fraction of sp³-hybridized carbons (Fsp3) is 0.280. The number of rotatable bonds is 7. The molecule has 1 aliphatic carbocycles. The minimum Gasteiger partial charge on any atom is -0.493 e. The number of hydrogen-bond acceptors (Lipinski definition) is 5. The Bertz CT molecular complexity index is 1140. The molecule has 0 saturated heterocycles. The molecule has 0 spiro atoms. The monoisotopic (exact) mass is 512 g/mol. The molecule has 0 saturated carbocycles. The van der Waals surface area contributed by atoms with E-state index in [-0.39, 0.29) is 5.91 Å². The van der Waals surface area contributed by atoms with Crippen LogP contribution in [0.1, 0.15) is 44.8 Å². The molecule has 0 radical (unpaired) electrons. The highest BCUT2D eigenvalue weighted by molar-refractivity contribution is 9.10. The van der Waals surface area contributed by atoms with Gasteiger partial charge in [-0.25, -0.2) is 4.99 Å². The topological polar surface area (TPSA) is 59.9 Å². The Balaban J connectivity index is 1.63. The lowest BCUT2D eigenvalue weighted by atomic mass is 9.95. The first kappa shape index (κ1) is 22.6. The van der Waals surface area contributed by atoms with E-state index in [2.05, 4.69) is 21.2 Å². The molecule has 3 aromatic rings. The summed E-state index contributed by atoms with van der Waals surface area (Å²) < 4.78 is 11.6. The molecule has 166 valence electrons. The maximum Gasteiger partial charge on any atom is 0.254 e. The SMILES string of the molecule is COc1cc(C=Nc2sc3c(c2C(=O)NCc2ccccc2)CCCC3)cc(Br)c1OC. The molecule has 32 heavy (non-hydrogen) atoms. The number of benzene rings is 2. The number of carbonyl (C=O) groups is 1. The highest BCUT2D eigenvalue weighted by Crippen LogP contribution is 2.40. The number of ether oxygens (including phenoxy) is 2. The first-order valence-electron chi connectivity index (χ1n) is 10.5. The Hall–Kier alpha value is -2.64. The van der Waals surface area contributed by atoms with E-state index in [1.165, 1.54) is 4.88 Å². The maximum atomic E-state index is 13.2. The van der Waals surface area contributed by atoms with Gasteiger partial charge in [0.2, 0.25) is 0 Å². The Morgan fingerprint density at radius 3 is 2.69 bits per heavy atom. The lowest BCUT2D eigenvalue weighted by Crippen LogP contribution is -2.24. The van der Waals surface area contributed by atoms with Crippen molar-refractivity contribution >= 4 is 44.4 Å². The molecule has 0 aliphatic heterocycles. The molecule has 0 atom stereocenters. The Kier molecular flexibility index (Phi) is 7.27. The van der Waals surface area contributed by atoms with Crippen molar-refractivity contribution in [2.45, 2.75) is 32.2 Å². The second kappa shape index (κ2) is 10.3. The predicted octanol–water partition coefficient (Wildman–Crippen LogP) is 6.09. The zero-order chi connectivity index (χ0) is 22.5. The molecule has 1 aromatic heterocycles. The standard InChI is InChI=1S/C25H25BrN2O3S/c1-30-20-13-17(12-19(26)23(20)31-2)15-28-25-22(18-10-6-7-11-21(18)32-25)24(29)27-14-16-8-4-3-5-9-16/h3-5,8-9,12-13,15H,6-7,10-11,14H2,1-2H3,(H,27,29). The first-order chi connectivity index (χ1) is 15.6. The third-order valence-electron chi connectivity index (χ3n) is 5.46. The molecular weight excluding hydrogens is 488 g/mol. The van der Waals surface area contributed by atoms with Crippen molar-refractivity contribution in [3.63, 3.8) is 0 Å². The fourth-order valence-corrected chi connectivity index (χ4v) is 5.74. The van der Waals surface area contributed by atoms with Crippen LogP contribution in [0.3, 0.4) is 0 Å². The zero-order valence-corrected chi connectivity index (χ0v) is 20.5. The van der Waals surface area contributed by atoms with Crippen molar-refractivity contribution in [3.8, 4) is 11.5 Å². The first-order valence-corrected chi connectivity index (χ1v) is 12.1. The summed E-state index contributed by atoms with van der Waals surface area (Å²) in [6, 6.07) is 13.7. The van der Waals surface area contributed by atoms with Gasteiger partial charge in [0.25, 0.3) is 5.91 Å². The van der Waals surface area contributed by atoms with Crippen LogP contribution in [0.4, 0.5) is 5.00 Å². The number of nitrogens with zero attached hydrogens (tertiary/aromatic N) is 1. The van der Waals surface area contributed by atoms with E-state index in [4.69, 9.17) is 14.5 Å². The summed E-state index contributed by atoms with van der Waals surface area (Å²) in [5.74, 6) is 1.20. The molecule has 2 aromatic carbocycles. The molecule has 7 heteroatoms. The third kappa shape index (κ3) is 4.89. The summed E-state index contributed by atoms with van der Waals surface area (Å²) in [6.45, 7) is 0.496. The van der Waals surface area contributed by atoms with Gasteiger partial charge in [-0.2, -0.15) is 0 Å². The normalized spacial score (nSPS) is 13.1. The van der Waals surface area contributed by atoms with E-state index in [0.29, 0.717) is 18.0 Å². The minimum absolute atomic E-state index is 0.0612. The third-order valence-corrected chi connectivity index (χ3v) is 7.25. The van der Waals surface area contributed by atoms with E-state index in [1.807, 2.05) is 42.5 Å². The molecule has 1 N–H and O–H groups in total. The second-order valence-corrected chi connectivity index (χ2v) is 9.49. The van der Waals surface area contributed by atoms with Crippen LogP contribution in [0.15, 0.2) is 51.9 Å². The van der Waals surface area contributed by atoms with Crippen molar-refractivity contribution < 1.29 is 14.3 Å². The van der Waals surface area contributed by atoms with Crippen LogP contribution in [-0.2, 0) is 19.4 Å². The summed E-state index contributed by atoms with van der Waals surface area (Å²) in [6.07, 6.45) is 5.98. The number of fused-ring (bicyclic) bond motifs is 1. The lowest BCUT2D eigenvalue weighted by Gasteiger charge is -2.13. The van der Waals surface area contributed by atoms with Crippen LogP contribution < -0.4 is 14.8 Å². The molecule has 5 nitrogen and oxygen atoms in total. The van der Waals surface area contributed by atoms with Gasteiger partial charge in [0.1, 0.15) is 5.00 Å². The molecule has 0 bridgehead atoms. The van der Waals surface area contributed by atoms with Crippen LogP contribution in [0.2, 0.25) is 0 Å². The summed E-state index contributed by atoms with van der Waals surface area (Å²) in [5, 5.41) is 3.84. The van der Waals surface area contributed by atoms with Gasteiger partial charge in [-0.3, -0.25) is 4.79 Å². The second-order valence-electron chi connectivity index (χ2n) is 7.56. The van der Waals surface area contributed by atoms with Crippen molar-refractivity contribution in [2.24, 2.45) is 4.99 Å². The minimum atomic E-state index is -0.0612. The largest absolute Gasteiger partial charge is 0.493 e. The average Bonchev–Trinajstić information content (AvgIpc) is 3.20. The number of aliphatic imine (C=N–C) groups is 1. The van der Waals surface area contributed by atoms with Crippen LogP contribution >= 0.6 is 27.3 Å². The van der Waals surface area contributed by atoms with Gasteiger partial charge < -0.3 is 14.8 Å². The zero-order valence-electron chi connectivity index (χ0n) is 18.1. The summed E-state index contributed by atoms with van der Waals surface area (Å²) >= 11 is 5.15. The highest BCUT2D eigenvalue weighted by atomic mass is 79.9. The van der Waals surface area contributed by atoms with Crippen LogP contribution in [0.5, 0.6) is 11.5 Å². The van der Waals surface area contributed by atoms with Crippen LogP contribution in [-0.4, -0.2) is 26.3 Å². The molecule has 1 aliphatic rings. The van der Waals surface area contributed by atoms with Gasteiger partial charge in [-0.15, -0.1) is 11.3 Å². The fourth-order valence-electron chi connectivity index (χ4n) is 3.89.